The van der Waals surface area contributed by atoms with Crippen LogP contribution in [0.5, 0.6) is 0 Å². The molecule has 0 spiro atoms. The molecule has 0 amide bonds. The number of hydrogen-bond donors (Lipinski definition) is 1. The summed E-state index contributed by atoms with van der Waals surface area (Å²) < 4.78 is 0. The minimum absolute atomic E-state index is 0.0995. The predicted molar refractivity (Wildman–Crippen MR) is 158 cm³/mol. The molecule has 2 aliphatic carbocycles. The van der Waals surface area contributed by atoms with Gasteiger partial charge in [0.25, 0.3) is 0 Å². The number of thiophene rings is 1. The highest BCUT2D eigenvalue weighted by Crippen LogP contribution is 2.45. The summed E-state index contributed by atoms with van der Waals surface area (Å²) in [6, 6.07) is 23.9. The van der Waals surface area contributed by atoms with Crippen molar-refractivity contribution in [1.29, 1.82) is 0 Å². The van der Waals surface area contributed by atoms with Gasteiger partial charge in [-0.05, 0) is 86.5 Å². The average molecular weight is 502 g/mol. The first-order valence-electron chi connectivity index (χ1n) is 13.1. The monoisotopic (exact) mass is 501 g/mol. The minimum atomic E-state index is 0.0995. The van der Waals surface area contributed by atoms with Gasteiger partial charge in [0, 0.05) is 29.6 Å². The molecular weight excluding hydrogens is 470 g/mol. The number of benzene rings is 3. The first-order chi connectivity index (χ1) is 18.2. The Kier molecular flexibility index (Phi) is 6.73. The third-order valence-corrected chi connectivity index (χ3v) is 8.72. The Labute approximate surface area is 223 Å². The van der Waals surface area contributed by atoms with Crippen LogP contribution in [0.25, 0.3) is 22.4 Å². The number of aliphatic hydroxyl groups is 1. The van der Waals surface area contributed by atoms with Gasteiger partial charge in [0.1, 0.15) is 0 Å². The Hall–Kier alpha value is -3.53. The number of fused-ring (bicyclic) bond motifs is 5. The van der Waals surface area contributed by atoms with Crippen molar-refractivity contribution in [2.75, 3.05) is 0 Å². The maximum absolute atomic E-state index is 9.43. The summed E-state index contributed by atoms with van der Waals surface area (Å²) in [7, 11) is 0. The van der Waals surface area contributed by atoms with E-state index in [0.29, 0.717) is 11.8 Å². The smallest absolute Gasteiger partial charge is 0.0682 e. The molecular formula is C34H31NOS. The largest absolute Gasteiger partial charge is 0.392 e. The SMILES string of the molecule is C1=Cc2sccc2CC=N1.CC1Cc2c(ccc3cc(CO)ccc23)C2=C1CC(c1ccccc1)C=C2. The molecule has 4 aromatic rings. The van der Waals surface area contributed by atoms with Gasteiger partial charge >= 0.3 is 0 Å². The molecule has 3 aromatic carbocycles. The van der Waals surface area contributed by atoms with Crippen molar-refractivity contribution in [2.24, 2.45) is 10.9 Å². The van der Waals surface area contributed by atoms with Crippen LogP contribution in [0.3, 0.4) is 0 Å². The average Bonchev–Trinajstić information content (AvgIpc) is 3.28. The third kappa shape index (κ3) is 4.77. The molecule has 1 aliphatic heterocycles. The minimum Gasteiger partial charge on any atom is -0.392 e. The lowest BCUT2D eigenvalue weighted by Gasteiger charge is -2.33. The van der Waals surface area contributed by atoms with E-state index in [1.807, 2.05) is 12.4 Å². The Morgan fingerprint density at radius 1 is 0.973 bits per heavy atom. The van der Waals surface area contributed by atoms with Crippen LogP contribution in [0.4, 0.5) is 0 Å². The van der Waals surface area contributed by atoms with E-state index in [1.165, 1.54) is 43.5 Å². The number of aliphatic imine (C=N–C) groups is 1. The first kappa shape index (κ1) is 23.8. The molecule has 0 saturated carbocycles. The van der Waals surface area contributed by atoms with Crippen molar-refractivity contribution in [3.05, 3.63) is 129 Å². The van der Waals surface area contributed by atoms with Gasteiger partial charge in [0.15, 0.2) is 0 Å². The molecule has 3 aliphatic rings. The van der Waals surface area contributed by atoms with Crippen LogP contribution in [-0.4, -0.2) is 11.3 Å². The second kappa shape index (κ2) is 10.5. The summed E-state index contributed by atoms with van der Waals surface area (Å²) in [4.78, 5) is 5.40. The molecule has 3 heteroatoms. The zero-order valence-electron chi connectivity index (χ0n) is 21.1. The first-order valence-corrected chi connectivity index (χ1v) is 14.0. The molecule has 1 aromatic heterocycles. The Bertz CT molecular complexity index is 1550. The Morgan fingerprint density at radius 3 is 2.73 bits per heavy atom. The van der Waals surface area contributed by atoms with Gasteiger partial charge in [-0.3, -0.25) is 4.99 Å². The fourth-order valence-electron chi connectivity index (χ4n) is 5.82. The van der Waals surface area contributed by atoms with Crippen molar-refractivity contribution in [3.63, 3.8) is 0 Å². The molecule has 2 unspecified atom stereocenters. The van der Waals surface area contributed by atoms with E-state index in [4.69, 9.17) is 0 Å². The standard InChI is InChI=1S/C26H24O.C8H7NS/c1-17-13-26-22-10-7-18(16-27)14-21(22)9-12-24(26)23-11-8-20(15-25(17)23)19-5-3-2-4-6-19;1-4-9-5-2-8-7(1)3-6-10-8/h2-12,14,17,20,27H,13,15-16H2,1H3;2-6H,1H2. The van der Waals surface area contributed by atoms with Crippen molar-refractivity contribution in [1.82, 2.24) is 0 Å². The molecule has 0 fully saturated rings. The van der Waals surface area contributed by atoms with Crippen molar-refractivity contribution in [3.8, 4) is 0 Å². The fourth-order valence-corrected chi connectivity index (χ4v) is 6.64. The number of aliphatic hydroxyl groups excluding tert-OH is 1. The van der Waals surface area contributed by atoms with Crippen molar-refractivity contribution in [2.45, 2.75) is 38.7 Å². The number of allylic oxidation sites excluding steroid dienone is 4. The lowest BCUT2D eigenvalue weighted by molar-refractivity contribution is 0.282. The van der Waals surface area contributed by atoms with Crippen LogP contribution < -0.4 is 0 Å². The second-order valence-electron chi connectivity index (χ2n) is 10.1. The maximum Gasteiger partial charge on any atom is 0.0682 e. The topological polar surface area (TPSA) is 32.6 Å². The number of rotatable bonds is 2. The van der Waals surface area contributed by atoms with Crippen molar-refractivity contribution >= 4 is 40.0 Å². The van der Waals surface area contributed by atoms with Gasteiger partial charge in [0.05, 0.1) is 6.61 Å². The zero-order valence-corrected chi connectivity index (χ0v) is 21.9. The molecule has 184 valence electrons. The molecule has 0 radical (unpaired) electrons. The summed E-state index contributed by atoms with van der Waals surface area (Å²) in [5.41, 5.74) is 9.68. The molecule has 2 heterocycles. The normalized spacial score (nSPS) is 19.5. The van der Waals surface area contributed by atoms with Crippen molar-refractivity contribution < 1.29 is 5.11 Å². The van der Waals surface area contributed by atoms with Crippen LogP contribution in [0.1, 0.15) is 52.0 Å². The molecule has 7 rings (SSSR count). The Balaban J connectivity index is 0.000000210. The molecule has 1 N–H and O–H groups in total. The second-order valence-corrected chi connectivity index (χ2v) is 11.0. The molecule has 2 atom stereocenters. The number of hydrogen-bond acceptors (Lipinski definition) is 3. The van der Waals surface area contributed by atoms with Gasteiger partial charge < -0.3 is 5.11 Å². The van der Waals surface area contributed by atoms with E-state index in [-0.39, 0.29) is 6.61 Å². The van der Waals surface area contributed by atoms with E-state index in [0.717, 1.165) is 24.8 Å². The van der Waals surface area contributed by atoms with E-state index >= 15 is 0 Å². The van der Waals surface area contributed by atoms with Gasteiger partial charge in [0.2, 0.25) is 0 Å². The Morgan fingerprint density at radius 2 is 1.86 bits per heavy atom. The van der Waals surface area contributed by atoms with Crippen LogP contribution in [0, 0.1) is 5.92 Å². The quantitative estimate of drug-likeness (QED) is 0.294. The van der Waals surface area contributed by atoms with Gasteiger partial charge in [-0.25, -0.2) is 0 Å². The maximum atomic E-state index is 9.43. The van der Waals surface area contributed by atoms with E-state index in [2.05, 4.69) is 102 Å². The third-order valence-electron chi connectivity index (χ3n) is 7.79. The van der Waals surface area contributed by atoms with E-state index in [9.17, 15) is 5.11 Å². The van der Waals surface area contributed by atoms with Gasteiger partial charge in [-0.1, -0.05) is 79.2 Å². The lowest BCUT2D eigenvalue weighted by atomic mass is 9.71. The van der Waals surface area contributed by atoms with E-state index in [1.54, 1.807) is 16.9 Å². The highest BCUT2D eigenvalue weighted by molar-refractivity contribution is 7.11. The summed E-state index contributed by atoms with van der Waals surface area (Å²) in [6.45, 7) is 2.47. The molecule has 0 saturated heterocycles. The van der Waals surface area contributed by atoms with Crippen LogP contribution in [0.15, 0.2) is 101 Å². The van der Waals surface area contributed by atoms with Crippen LogP contribution in [-0.2, 0) is 19.4 Å². The van der Waals surface area contributed by atoms with E-state index < -0.39 is 0 Å². The predicted octanol–water partition coefficient (Wildman–Crippen LogP) is 8.37. The molecule has 37 heavy (non-hydrogen) atoms. The summed E-state index contributed by atoms with van der Waals surface area (Å²) in [5.74, 6) is 1.05. The molecule has 2 nitrogen and oxygen atoms in total. The molecule has 0 bridgehead atoms. The highest BCUT2D eigenvalue weighted by atomic mass is 32.1. The highest BCUT2D eigenvalue weighted by Gasteiger charge is 2.28. The van der Waals surface area contributed by atoms with Crippen LogP contribution in [0.2, 0.25) is 0 Å². The fraction of sp³-hybridized carbons (Fsp3) is 0.206. The van der Waals surface area contributed by atoms with Gasteiger partial charge in [-0.15, -0.1) is 11.3 Å². The lowest BCUT2D eigenvalue weighted by Crippen LogP contribution is -2.18. The van der Waals surface area contributed by atoms with Crippen LogP contribution >= 0.6 is 11.3 Å². The number of nitrogens with zero attached hydrogens (tertiary/aromatic N) is 1. The van der Waals surface area contributed by atoms with Gasteiger partial charge in [-0.2, -0.15) is 0 Å². The summed E-state index contributed by atoms with van der Waals surface area (Å²) in [6.07, 6.45) is 13.8. The summed E-state index contributed by atoms with van der Waals surface area (Å²) >= 11 is 1.77. The summed E-state index contributed by atoms with van der Waals surface area (Å²) in [5, 5.41) is 14.1. The zero-order chi connectivity index (χ0) is 25.2.